The lowest BCUT2D eigenvalue weighted by atomic mass is 10.1. The second-order valence-electron chi connectivity index (χ2n) is 3.92. The van der Waals surface area contributed by atoms with Crippen molar-refractivity contribution in [3.8, 4) is 0 Å². The van der Waals surface area contributed by atoms with Crippen molar-refractivity contribution in [2.45, 2.75) is 24.5 Å². The second-order valence-corrected chi connectivity index (χ2v) is 3.92. The Hall–Kier alpha value is -1.66. The molecule has 0 amide bonds. The molecule has 0 aliphatic carbocycles. The van der Waals surface area contributed by atoms with Crippen LogP contribution in [0.1, 0.15) is 6.23 Å². The number of imidazole rings is 1. The number of rotatable bonds is 4. The summed E-state index contributed by atoms with van der Waals surface area (Å²) in [4.78, 5) is 26.8. The molecule has 2 aliphatic rings. The number of ether oxygens (including phenoxy) is 1. The summed E-state index contributed by atoms with van der Waals surface area (Å²) in [5.41, 5.74) is 0. The SMILES string of the molecule is O=[N+]([O-])c1nccn1C1O[C@H](COF)[C@H]2OOO[C@@H]12. The molecule has 0 spiro atoms. The molecule has 104 valence electrons. The molecule has 2 fully saturated rings. The Bertz CT molecular complexity index is 483. The van der Waals surface area contributed by atoms with E-state index in [9.17, 15) is 14.6 Å². The van der Waals surface area contributed by atoms with E-state index in [0.29, 0.717) is 0 Å². The van der Waals surface area contributed by atoms with Crippen LogP contribution in [0.3, 0.4) is 0 Å². The van der Waals surface area contributed by atoms with E-state index >= 15 is 0 Å². The maximum atomic E-state index is 11.9. The lowest BCUT2D eigenvalue weighted by Gasteiger charge is -2.14. The van der Waals surface area contributed by atoms with Gasteiger partial charge in [-0.1, -0.05) is 10.0 Å². The first-order chi connectivity index (χ1) is 9.22. The van der Waals surface area contributed by atoms with Crippen LogP contribution in [0.25, 0.3) is 0 Å². The fourth-order valence-corrected chi connectivity index (χ4v) is 2.11. The van der Waals surface area contributed by atoms with E-state index in [-0.39, 0.29) is 0 Å². The Morgan fingerprint density at radius 2 is 2.32 bits per heavy atom. The van der Waals surface area contributed by atoms with Gasteiger partial charge in [0.15, 0.2) is 12.2 Å². The van der Waals surface area contributed by atoms with Gasteiger partial charge in [0.25, 0.3) is 0 Å². The van der Waals surface area contributed by atoms with Crippen molar-refractivity contribution < 1.29 is 33.9 Å². The first-order valence-corrected chi connectivity index (χ1v) is 5.27. The summed E-state index contributed by atoms with van der Waals surface area (Å²) in [6, 6.07) is 0. The summed E-state index contributed by atoms with van der Waals surface area (Å²) in [6.07, 6.45) is -0.678. The number of hydrogen-bond acceptors (Lipinski definition) is 8. The predicted octanol–water partition coefficient (Wildman–Crippen LogP) is 0.220. The first kappa shape index (κ1) is 12.4. The minimum absolute atomic E-state index is 0.410. The van der Waals surface area contributed by atoms with Gasteiger partial charge in [0.2, 0.25) is 6.23 Å². The third-order valence-electron chi connectivity index (χ3n) is 2.90. The molecule has 0 radical (unpaired) electrons. The lowest BCUT2D eigenvalue weighted by molar-refractivity contribution is -0.479. The topological polar surface area (TPSA) is 107 Å². The monoisotopic (exact) mass is 277 g/mol. The molecule has 0 saturated carbocycles. The minimum Gasteiger partial charge on any atom is -0.390 e. The summed E-state index contributed by atoms with van der Waals surface area (Å²) in [6.45, 7) is -0.410. The van der Waals surface area contributed by atoms with Crippen LogP contribution < -0.4 is 0 Å². The number of hydrogen-bond donors (Lipinski definition) is 0. The van der Waals surface area contributed by atoms with Crippen molar-refractivity contribution >= 4 is 5.95 Å². The van der Waals surface area contributed by atoms with E-state index in [4.69, 9.17) is 14.5 Å². The van der Waals surface area contributed by atoms with E-state index in [0.717, 1.165) is 4.57 Å². The highest BCUT2D eigenvalue weighted by Crippen LogP contribution is 2.39. The molecule has 10 nitrogen and oxygen atoms in total. The molecule has 19 heavy (non-hydrogen) atoms. The molecule has 0 bridgehead atoms. The molecule has 3 rings (SSSR count). The zero-order valence-electron chi connectivity index (χ0n) is 9.25. The second kappa shape index (κ2) is 4.79. The third kappa shape index (κ3) is 1.97. The van der Waals surface area contributed by atoms with Crippen molar-refractivity contribution in [2.75, 3.05) is 6.61 Å². The van der Waals surface area contributed by atoms with E-state index in [1.165, 1.54) is 12.4 Å². The van der Waals surface area contributed by atoms with Crippen LogP contribution in [0.5, 0.6) is 0 Å². The first-order valence-electron chi connectivity index (χ1n) is 5.27. The highest BCUT2D eigenvalue weighted by atomic mass is 19.3. The summed E-state index contributed by atoms with van der Waals surface area (Å²) >= 11 is 0. The molecule has 4 atom stereocenters. The number of nitrogens with zero attached hydrogens (tertiary/aromatic N) is 3. The van der Waals surface area contributed by atoms with Gasteiger partial charge in [0, 0.05) is 0 Å². The standard InChI is InChI=1S/C8H8FN3O7/c9-15-3-4-5-6(18-19-17-5)7(16-4)11-2-1-10-8(11)12(13)14/h1-2,4-7H,3H2/t4-,5-,6-,7?/m1/s1. The van der Waals surface area contributed by atoms with E-state index in [1.54, 1.807) is 0 Å². The highest BCUT2D eigenvalue weighted by Gasteiger charge is 2.55. The molecule has 1 aromatic rings. The Balaban J connectivity index is 1.88. The quantitative estimate of drug-likeness (QED) is 0.437. The zero-order chi connectivity index (χ0) is 13.4. The van der Waals surface area contributed by atoms with Crippen molar-refractivity contribution in [2.24, 2.45) is 0 Å². The van der Waals surface area contributed by atoms with Gasteiger partial charge in [-0.15, -0.1) is 0 Å². The molecule has 1 aromatic heterocycles. The Kier molecular flexibility index (Phi) is 3.12. The van der Waals surface area contributed by atoms with E-state index in [1.807, 2.05) is 0 Å². The smallest absolute Gasteiger partial charge is 0.390 e. The Labute approximate surface area is 104 Å². The van der Waals surface area contributed by atoms with Crippen LogP contribution in [0.4, 0.5) is 10.5 Å². The lowest BCUT2D eigenvalue weighted by Crippen LogP contribution is -2.31. The average molecular weight is 277 g/mol. The van der Waals surface area contributed by atoms with Crippen molar-refractivity contribution in [3.63, 3.8) is 0 Å². The number of nitro groups is 1. The third-order valence-corrected chi connectivity index (χ3v) is 2.90. The van der Waals surface area contributed by atoms with Crippen LogP contribution in [0.2, 0.25) is 0 Å². The van der Waals surface area contributed by atoms with Crippen LogP contribution in [-0.4, -0.2) is 39.4 Å². The van der Waals surface area contributed by atoms with Crippen LogP contribution in [-0.2, 0) is 24.5 Å². The maximum absolute atomic E-state index is 11.9. The van der Waals surface area contributed by atoms with Gasteiger partial charge >= 0.3 is 5.95 Å². The largest absolute Gasteiger partial charge is 0.436 e. The fraction of sp³-hybridized carbons (Fsp3) is 0.625. The van der Waals surface area contributed by atoms with E-state index < -0.39 is 42.0 Å². The average Bonchev–Trinajstić information content (AvgIpc) is 3.04. The summed E-state index contributed by atoms with van der Waals surface area (Å²) < 4.78 is 18.5. The van der Waals surface area contributed by atoms with Gasteiger partial charge in [-0.3, -0.25) is 0 Å². The molecular weight excluding hydrogens is 269 g/mol. The van der Waals surface area contributed by atoms with Crippen LogP contribution in [0.15, 0.2) is 12.4 Å². The van der Waals surface area contributed by atoms with Gasteiger partial charge in [-0.2, -0.15) is 19.3 Å². The van der Waals surface area contributed by atoms with Gasteiger partial charge in [-0.05, 0) is 9.45 Å². The summed E-state index contributed by atoms with van der Waals surface area (Å²) in [5.74, 6) is -0.430. The van der Waals surface area contributed by atoms with Gasteiger partial charge in [0.1, 0.15) is 25.1 Å². The zero-order valence-corrected chi connectivity index (χ0v) is 9.25. The summed E-state index contributed by atoms with van der Waals surface area (Å²) in [5, 5.41) is 15.2. The molecule has 11 heteroatoms. The number of aromatic nitrogens is 2. The Morgan fingerprint density at radius 1 is 1.53 bits per heavy atom. The van der Waals surface area contributed by atoms with Crippen molar-refractivity contribution in [1.82, 2.24) is 9.55 Å². The molecular formula is C8H8FN3O7. The molecule has 2 aliphatic heterocycles. The predicted molar refractivity (Wildman–Crippen MR) is 50.7 cm³/mol. The van der Waals surface area contributed by atoms with Gasteiger partial charge in [-0.25, -0.2) is 0 Å². The van der Waals surface area contributed by atoms with Crippen molar-refractivity contribution in [3.05, 3.63) is 22.5 Å². The molecule has 3 heterocycles. The Morgan fingerprint density at radius 3 is 3.05 bits per heavy atom. The molecule has 2 saturated heterocycles. The fourth-order valence-electron chi connectivity index (χ4n) is 2.11. The van der Waals surface area contributed by atoms with Crippen molar-refractivity contribution in [1.29, 1.82) is 0 Å². The van der Waals surface area contributed by atoms with Gasteiger partial charge in [0.05, 0.1) is 0 Å². The molecule has 0 N–H and O–H groups in total. The van der Waals surface area contributed by atoms with Gasteiger partial charge < -0.3 is 14.9 Å². The van der Waals surface area contributed by atoms with Crippen LogP contribution in [0, 0.1) is 10.1 Å². The molecule has 1 unspecified atom stereocenters. The number of fused-ring (bicyclic) bond motifs is 1. The normalized spacial score (nSPS) is 33.5. The summed E-state index contributed by atoms with van der Waals surface area (Å²) in [7, 11) is 0. The van der Waals surface area contributed by atoms with E-state index in [2.05, 4.69) is 15.0 Å². The number of halogens is 1. The minimum atomic E-state index is -0.921. The maximum Gasteiger partial charge on any atom is 0.436 e. The molecule has 0 aromatic carbocycles. The highest BCUT2D eigenvalue weighted by molar-refractivity contribution is 5.10. The van der Waals surface area contributed by atoms with Crippen LogP contribution >= 0.6 is 0 Å².